The summed E-state index contributed by atoms with van der Waals surface area (Å²) in [5.41, 5.74) is 0. The van der Waals surface area contributed by atoms with Crippen LogP contribution >= 0.6 is 17.0 Å². The van der Waals surface area contributed by atoms with Gasteiger partial charge < -0.3 is 5.11 Å². The van der Waals surface area contributed by atoms with Crippen molar-refractivity contribution < 1.29 is 22.2 Å². The smallest absolute Gasteiger partial charge is 0.0402 e. The van der Waals surface area contributed by atoms with Crippen molar-refractivity contribution >= 4 is 17.0 Å². The molecule has 0 atom stereocenters. The van der Waals surface area contributed by atoms with E-state index in [1.807, 2.05) is 0 Å². The molecule has 39 valence electrons. The van der Waals surface area contributed by atoms with Gasteiger partial charge in [0.1, 0.15) is 0 Å². The molecule has 0 spiro atoms. The molecule has 5 heavy (non-hydrogen) atoms. The van der Waals surface area contributed by atoms with Crippen molar-refractivity contribution in [2.75, 3.05) is 6.61 Å². The molecule has 0 aliphatic rings. The molecule has 0 fully saturated rings. The molecule has 1 N–H and O–H groups in total. The van der Waals surface area contributed by atoms with Gasteiger partial charge in [-0.3, -0.25) is 0 Å². The quantitative estimate of drug-likeness (QED) is 0.554. The van der Waals surface area contributed by atoms with Gasteiger partial charge >= 0.3 is 0 Å². The Balaban J connectivity index is -0.0000000200. The summed E-state index contributed by atoms with van der Waals surface area (Å²) in [6, 6.07) is 0. The Morgan fingerprint density at radius 1 is 1.60 bits per heavy atom. The summed E-state index contributed by atoms with van der Waals surface area (Å²) in [7, 11) is 0. The SMILES string of the molecule is Br.CCO.[Cu]. The van der Waals surface area contributed by atoms with Crippen molar-refractivity contribution in [2.24, 2.45) is 0 Å². The van der Waals surface area contributed by atoms with Gasteiger partial charge in [0.2, 0.25) is 0 Å². The van der Waals surface area contributed by atoms with E-state index in [1.54, 1.807) is 6.92 Å². The third-order valence-electron chi connectivity index (χ3n) is 0. The first-order valence-electron chi connectivity index (χ1n) is 1.02. The second-order valence-electron chi connectivity index (χ2n) is 0.316. The third-order valence-corrected chi connectivity index (χ3v) is 0. The number of aliphatic hydroxyl groups is 1. The predicted octanol–water partition coefficient (Wildman–Crippen LogP) is 0.574. The zero-order valence-corrected chi connectivity index (χ0v) is 5.52. The van der Waals surface area contributed by atoms with E-state index in [-0.39, 0.29) is 40.7 Å². The monoisotopic (exact) mass is 189 g/mol. The average molecular weight is 191 g/mol. The summed E-state index contributed by atoms with van der Waals surface area (Å²) in [5.74, 6) is 0. The van der Waals surface area contributed by atoms with E-state index < -0.39 is 0 Å². The van der Waals surface area contributed by atoms with E-state index in [2.05, 4.69) is 0 Å². The molecule has 0 rings (SSSR count). The Labute approximate surface area is 53.0 Å². The molecule has 0 saturated heterocycles. The van der Waals surface area contributed by atoms with Crippen LogP contribution < -0.4 is 0 Å². The molecule has 0 bridgehead atoms. The van der Waals surface area contributed by atoms with Crippen LogP contribution in [0.4, 0.5) is 0 Å². The van der Waals surface area contributed by atoms with Gasteiger partial charge in [0.25, 0.3) is 0 Å². The fraction of sp³-hybridized carbons (Fsp3) is 1.00. The number of hydrogen-bond donors (Lipinski definition) is 1. The number of hydrogen-bond acceptors (Lipinski definition) is 1. The summed E-state index contributed by atoms with van der Waals surface area (Å²) in [6.45, 7) is 1.93. The molecular formula is C2H7BrCuO. The minimum absolute atomic E-state index is 0. The van der Waals surface area contributed by atoms with Crippen molar-refractivity contribution in [3.63, 3.8) is 0 Å². The van der Waals surface area contributed by atoms with Gasteiger partial charge in [0.05, 0.1) is 0 Å². The number of aliphatic hydroxyl groups excluding tert-OH is 1. The normalized spacial score (nSPS) is 3.60. The Hall–Kier alpha value is 0.959. The minimum Gasteiger partial charge on any atom is -0.397 e. The first kappa shape index (κ1) is 16.7. The fourth-order valence-corrected chi connectivity index (χ4v) is 0. The molecule has 0 aromatic rings. The van der Waals surface area contributed by atoms with E-state index in [4.69, 9.17) is 5.11 Å². The van der Waals surface area contributed by atoms with Gasteiger partial charge in [0, 0.05) is 23.7 Å². The van der Waals surface area contributed by atoms with Gasteiger partial charge in [-0.05, 0) is 6.92 Å². The van der Waals surface area contributed by atoms with Crippen LogP contribution in [0, 0.1) is 0 Å². The van der Waals surface area contributed by atoms with Crippen molar-refractivity contribution in [3.8, 4) is 0 Å². The summed E-state index contributed by atoms with van der Waals surface area (Å²) in [5, 5.41) is 7.57. The summed E-state index contributed by atoms with van der Waals surface area (Å²) in [4.78, 5) is 0. The van der Waals surface area contributed by atoms with Crippen molar-refractivity contribution in [3.05, 3.63) is 0 Å². The predicted molar refractivity (Wildman–Crippen MR) is 23.1 cm³/mol. The molecule has 1 nitrogen and oxygen atoms in total. The van der Waals surface area contributed by atoms with Gasteiger partial charge in [-0.25, -0.2) is 0 Å². The Morgan fingerprint density at radius 2 is 1.60 bits per heavy atom. The van der Waals surface area contributed by atoms with Gasteiger partial charge in [-0.2, -0.15) is 0 Å². The molecule has 0 aliphatic carbocycles. The molecule has 0 aromatic carbocycles. The number of rotatable bonds is 0. The van der Waals surface area contributed by atoms with Crippen LogP contribution in [-0.4, -0.2) is 11.7 Å². The molecule has 1 radical (unpaired) electrons. The van der Waals surface area contributed by atoms with Crippen LogP contribution in [0.15, 0.2) is 0 Å². The molecule has 0 amide bonds. The van der Waals surface area contributed by atoms with Crippen LogP contribution in [0.3, 0.4) is 0 Å². The van der Waals surface area contributed by atoms with E-state index >= 15 is 0 Å². The Morgan fingerprint density at radius 3 is 1.60 bits per heavy atom. The number of halogens is 1. The van der Waals surface area contributed by atoms with Crippen molar-refractivity contribution in [1.82, 2.24) is 0 Å². The molecule has 0 heterocycles. The maximum Gasteiger partial charge on any atom is 0.0402 e. The largest absolute Gasteiger partial charge is 0.397 e. The van der Waals surface area contributed by atoms with Crippen LogP contribution in [0.1, 0.15) is 6.92 Å². The Bertz CT molecular complexity index is 9.61. The standard InChI is InChI=1S/C2H6O.BrH.Cu/c1-2-3;;/h3H,2H2,1H3;1H;. The average Bonchev–Trinajstić information content (AvgIpc) is 0.918. The maximum atomic E-state index is 7.57. The minimum atomic E-state index is 0. The molecule has 0 unspecified atom stereocenters. The van der Waals surface area contributed by atoms with E-state index in [1.165, 1.54) is 0 Å². The van der Waals surface area contributed by atoms with E-state index in [9.17, 15) is 0 Å². The Kier molecular flexibility index (Phi) is 67.8. The van der Waals surface area contributed by atoms with Crippen molar-refractivity contribution in [1.29, 1.82) is 0 Å². The van der Waals surface area contributed by atoms with Gasteiger partial charge in [-0.1, -0.05) is 0 Å². The second-order valence-corrected chi connectivity index (χ2v) is 0.316. The molecule has 0 aromatic heterocycles. The van der Waals surface area contributed by atoms with Crippen molar-refractivity contribution in [2.45, 2.75) is 6.92 Å². The summed E-state index contributed by atoms with van der Waals surface area (Å²) < 4.78 is 0. The first-order valence-corrected chi connectivity index (χ1v) is 1.02. The topological polar surface area (TPSA) is 20.2 Å². The fourth-order valence-electron chi connectivity index (χ4n) is 0. The van der Waals surface area contributed by atoms with Gasteiger partial charge in [0.15, 0.2) is 0 Å². The van der Waals surface area contributed by atoms with E-state index in [0.717, 1.165) is 0 Å². The molecule has 0 saturated carbocycles. The first-order chi connectivity index (χ1) is 1.41. The molecule has 0 aliphatic heterocycles. The summed E-state index contributed by atoms with van der Waals surface area (Å²) >= 11 is 0. The third kappa shape index (κ3) is 47.2. The van der Waals surface area contributed by atoms with E-state index in [0.29, 0.717) is 0 Å². The second kappa shape index (κ2) is 20.3. The molecular weight excluding hydrogens is 183 g/mol. The van der Waals surface area contributed by atoms with Gasteiger partial charge in [-0.15, -0.1) is 17.0 Å². The van der Waals surface area contributed by atoms with Crippen LogP contribution in [0.2, 0.25) is 0 Å². The maximum absolute atomic E-state index is 7.57. The van der Waals surface area contributed by atoms with Crippen LogP contribution in [0.25, 0.3) is 0 Å². The zero-order chi connectivity index (χ0) is 2.71. The zero-order valence-electron chi connectivity index (χ0n) is 2.86. The van der Waals surface area contributed by atoms with Crippen LogP contribution in [-0.2, 0) is 17.1 Å². The summed E-state index contributed by atoms with van der Waals surface area (Å²) in [6.07, 6.45) is 0. The van der Waals surface area contributed by atoms with Crippen LogP contribution in [0.5, 0.6) is 0 Å². The molecule has 3 heteroatoms.